The predicted octanol–water partition coefficient (Wildman–Crippen LogP) is 2.86. The molecule has 6 heteroatoms. The first-order valence-electron chi connectivity index (χ1n) is 5.51. The Hall–Kier alpha value is -1.56. The summed E-state index contributed by atoms with van der Waals surface area (Å²) in [7, 11) is 1.46. The van der Waals surface area contributed by atoms with Crippen molar-refractivity contribution in [1.82, 2.24) is 9.88 Å². The van der Waals surface area contributed by atoms with Gasteiger partial charge in [-0.3, -0.25) is 4.90 Å². The molecule has 0 saturated carbocycles. The number of fused-ring (bicyclic) bond motifs is 1. The minimum atomic E-state index is -4.15. The molecule has 0 unspecified atom stereocenters. The zero-order chi connectivity index (χ0) is 13.2. The molecule has 0 radical (unpaired) electrons. The highest BCUT2D eigenvalue weighted by molar-refractivity contribution is 5.72. The number of benzene rings is 1. The lowest BCUT2D eigenvalue weighted by molar-refractivity contribution is -0.142. The lowest BCUT2D eigenvalue weighted by atomic mass is 10.1. The van der Waals surface area contributed by atoms with E-state index < -0.39 is 12.7 Å². The summed E-state index contributed by atoms with van der Waals surface area (Å²) >= 11 is 0. The van der Waals surface area contributed by atoms with Gasteiger partial charge in [0, 0.05) is 6.54 Å². The third-order valence-electron chi connectivity index (χ3n) is 2.63. The monoisotopic (exact) mass is 258 g/mol. The topological polar surface area (TPSA) is 29.3 Å². The van der Waals surface area contributed by atoms with Crippen molar-refractivity contribution in [3.63, 3.8) is 0 Å². The molecule has 0 bridgehead atoms. The standard InChI is InChI=1S/C12H13F3N2O/c1-17(7-12(13,14)15)5-4-9-2-3-10-11(6-9)18-8-16-10/h2-3,6,8H,4-5,7H2,1H3. The van der Waals surface area contributed by atoms with E-state index >= 15 is 0 Å². The van der Waals surface area contributed by atoms with Crippen LogP contribution in [0.25, 0.3) is 11.1 Å². The van der Waals surface area contributed by atoms with Crippen molar-refractivity contribution in [3.05, 3.63) is 30.2 Å². The summed E-state index contributed by atoms with van der Waals surface area (Å²) in [5, 5.41) is 0. The maximum atomic E-state index is 12.1. The first-order chi connectivity index (χ1) is 8.44. The minimum Gasteiger partial charge on any atom is -0.443 e. The molecule has 98 valence electrons. The Bertz CT molecular complexity index is 521. The number of hydrogen-bond acceptors (Lipinski definition) is 3. The van der Waals surface area contributed by atoms with Crippen molar-refractivity contribution in [2.24, 2.45) is 0 Å². The van der Waals surface area contributed by atoms with Crippen LogP contribution in [0, 0.1) is 0 Å². The van der Waals surface area contributed by atoms with Crippen molar-refractivity contribution in [1.29, 1.82) is 0 Å². The van der Waals surface area contributed by atoms with Crippen LogP contribution >= 0.6 is 0 Å². The summed E-state index contributed by atoms with van der Waals surface area (Å²) in [4.78, 5) is 5.23. The third kappa shape index (κ3) is 3.46. The van der Waals surface area contributed by atoms with Gasteiger partial charge < -0.3 is 4.42 Å². The molecule has 1 heterocycles. The van der Waals surface area contributed by atoms with Crippen molar-refractivity contribution in [2.45, 2.75) is 12.6 Å². The van der Waals surface area contributed by atoms with Crippen LogP contribution in [-0.2, 0) is 6.42 Å². The number of aromatic nitrogens is 1. The summed E-state index contributed by atoms with van der Waals surface area (Å²) in [6, 6.07) is 5.47. The molecule has 0 aliphatic carbocycles. The molecule has 0 spiro atoms. The van der Waals surface area contributed by atoms with Crippen LogP contribution in [0.15, 0.2) is 29.0 Å². The smallest absolute Gasteiger partial charge is 0.401 e. The van der Waals surface area contributed by atoms with Crippen LogP contribution in [0.4, 0.5) is 13.2 Å². The van der Waals surface area contributed by atoms with Gasteiger partial charge in [0.1, 0.15) is 5.52 Å². The second-order valence-electron chi connectivity index (χ2n) is 4.26. The molecule has 0 amide bonds. The van der Waals surface area contributed by atoms with E-state index in [9.17, 15) is 13.2 Å². The van der Waals surface area contributed by atoms with E-state index in [1.807, 2.05) is 12.1 Å². The van der Waals surface area contributed by atoms with Crippen LogP contribution in [0.3, 0.4) is 0 Å². The Morgan fingerprint density at radius 3 is 2.83 bits per heavy atom. The average Bonchev–Trinajstić information content (AvgIpc) is 2.71. The van der Waals surface area contributed by atoms with E-state index in [0.29, 0.717) is 18.5 Å². The van der Waals surface area contributed by atoms with Crippen LogP contribution in [0.2, 0.25) is 0 Å². The van der Waals surface area contributed by atoms with E-state index in [-0.39, 0.29) is 0 Å². The van der Waals surface area contributed by atoms with Gasteiger partial charge in [0.15, 0.2) is 12.0 Å². The highest BCUT2D eigenvalue weighted by Crippen LogP contribution is 2.17. The highest BCUT2D eigenvalue weighted by Gasteiger charge is 2.28. The van der Waals surface area contributed by atoms with Gasteiger partial charge in [0.05, 0.1) is 6.54 Å². The van der Waals surface area contributed by atoms with Crippen LogP contribution in [0.1, 0.15) is 5.56 Å². The Balaban J connectivity index is 1.93. The number of hydrogen-bond donors (Lipinski definition) is 0. The summed E-state index contributed by atoms with van der Waals surface area (Å²) < 4.78 is 41.5. The quantitative estimate of drug-likeness (QED) is 0.844. The van der Waals surface area contributed by atoms with E-state index in [4.69, 9.17) is 4.42 Å². The fraction of sp³-hybridized carbons (Fsp3) is 0.417. The van der Waals surface area contributed by atoms with Crippen molar-refractivity contribution < 1.29 is 17.6 Å². The number of rotatable bonds is 4. The number of alkyl halides is 3. The van der Waals surface area contributed by atoms with Gasteiger partial charge in [-0.2, -0.15) is 13.2 Å². The molecular formula is C12H13F3N2O. The van der Waals surface area contributed by atoms with Gasteiger partial charge >= 0.3 is 6.18 Å². The SMILES string of the molecule is CN(CCc1ccc2ncoc2c1)CC(F)(F)F. The summed E-state index contributed by atoms with van der Waals surface area (Å²) in [6.45, 7) is -0.545. The molecule has 0 aliphatic heterocycles. The van der Waals surface area contributed by atoms with Crippen LogP contribution < -0.4 is 0 Å². The zero-order valence-corrected chi connectivity index (χ0v) is 9.87. The lowest BCUT2D eigenvalue weighted by Gasteiger charge is -2.18. The van der Waals surface area contributed by atoms with Gasteiger partial charge in [0.2, 0.25) is 0 Å². The summed E-state index contributed by atoms with van der Waals surface area (Å²) in [5.74, 6) is 0. The Morgan fingerprint density at radius 2 is 2.11 bits per heavy atom. The first kappa shape index (κ1) is 12.9. The number of nitrogens with zero attached hydrogens (tertiary/aromatic N) is 2. The fourth-order valence-corrected chi connectivity index (χ4v) is 1.76. The molecule has 1 aromatic carbocycles. The van der Waals surface area contributed by atoms with Gasteiger partial charge in [-0.05, 0) is 31.2 Å². The minimum absolute atomic E-state index is 0.346. The second kappa shape index (κ2) is 4.97. The number of likely N-dealkylation sites (N-methyl/N-ethyl adjacent to an activating group) is 1. The zero-order valence-electron chi connectivity index (χ0n) is 9.87. The molecule has 3 nitrogen and oxygen atoms in total. The molecule has 0 fully saturated rings. The Labute approximate surface area is 102 Å². The Morgan fingerprint density at radius 1 is 1.33 bits per heavy atom. The van der Waals surface area contributed by atoms with Gasteiger partial charge in [-0.15, -0.1) is 0 Å². The summed E-state index contributed by atoms with van der Waals surface area (Å²) in [5.41, 5.74) is 2.35. The molecule has 2 rings (SSSR count). The molecule has 0 N–H and O–H groups in total. The van der Waals surface area contributed by atoms with Gasteiger partial charge in [-0.25, -0.2) is 4.98 Å². The highest BCUT2D eigenvalue weighted by atomic mass is 19.4. The van der Waals surface area contributed by atoms with Crippen LogP contribution in [0.5, 0.6) is 0 Å². The first-order valence-corrected chi connectivity index (χ1v) is 5.51. The molecule has 1 aromatic heterocycles. The number of halogens is 3. The second-order valence-corrected chi connectivity index (χ2v) is 4.26. The van der Waals surface area contributed by atoms with E-state index in [1.54, 1.807) is 6.07 Å². The normalized spacial score (nSPS) is 12.5. The summed E-state index contributed by atoms with van der Waals surface area (Å²) in [6.07, 6.45) is -2.25. The largest absolute Gasteiger partial charge is 0.443 e. The lowest BCUT2D eigenvalue weighted by Crippen LogP contribution is -2.32. The van der Waals surface area contributed by atoms with Crippen molar-refractivity contribution in [2.75, 3.05) is 20.1 Å². The van der Waals surface area contributed by atoms with E-state index in [1.165, 1.54) is 18.3 Å². The van der Waals surface area contributed by atoms with Crippen LogP contribution in [-0.4, -0.2) is 36.2 Å². The van der Waals surface area contributed by atoms with E-state index in [2.05, 4.69) is 4.98 Å². The third-order valence-corrected chi connectivity index (χ3v) is 2.63. The molecule has 18 heavy (non-hydrogen) atoms. The predicted molar refractivity (Wildman–Crippen MR) is 61.3 cm³/mol. The fourth-order valence-electron chi connectivity index (χ4n) is 1.76. The molecule has 2 aromatic rings. The molecular weight excluding hydrogens is 245 g/mol. The van der Waals surface area contributed by atoms with E-state index in [0.717, 1.165) is 11.1 Å². The van der Waals surface area contributed by atoms with Gasteiger partial charge in [0.25, 0.3) is 0 Å². The molecule has 0 atom stereocenters. The van der Waals surface area contributed by atoms with Crippen molar-refractivity contribution >= 4 is 11.1 Å². The molecule has 0 saturated heterocycles. The molecule has 0 aliphatic rings. The Kier molecular flexibility index (Phi) is 3.56. The van der Waals surface area contributed by atoms with Gasteiger partial charge in [-0.1, -0.05) is 6.07 Å². The maximum absolute atomic E-state index is 12.1. The maximum Gasteiger partial charge on any atom is 0.401 e. The number of oxazole rings is 1. The van der Waals surface area contributed by atoms with Crippen molar-refractivity contribution in [3.8, 4) is 0 Å². The average molecular weight is 258 g/mol.